The predicted octanol–water partition coefficient (Wildman–Crippen LogP) is 0.930. The van der Waals surface area contributed by atoms with Gasteiger partial charge in [0.05, 0.1) is 29.2 Å². The summed E-state index contributed by atoms with van der Waals surface area (Å²) < 4.78 is 6.25. The van der Waals surface area contributed by atoms with Crippen LogP contribution in [0, 0.1) is 16.7 Å². The molecule has 39 heavy (non-hydrogen) atoms. The zero-order valence-electron chi connectivity index (χ0n) is 24.8. The number of rotatable bonds is 5. The van der Waals surface area contributed by atoms with Crippen molar-refractivity contribution in [1.29, 1.82) is 5.26 Å². The Kier molecular flexibility index (Phi) is 7.50. The van der Waals surface area contributed by atoms with Gasteiger partial charge in [0, 0.05) is 17.8 Å². The molecule has 3 heterocycles. The third kappa shape index (κ3) is 5.62. The van der Waals surface area contributed by atoms with Crippen molar-refractivity contribution in [3.05, 3.63) is 46.7 Å². The highest BCUT2D eigenvalue weighted by molar-refractivity contribution is 6.52. The van der Waals surface area contributed by atoms with Crippen molar-refractivity contribution in [1.82, 2.24) is 15.0 Å². The molecule has 12 heteroatoms. The largest absolute Gasteiger partial charge is 0.393 e. The number of aromatic nitrogens is 3. The normalized spacial score (nSPS) is 27.5. The molecule has 4 rings (SSSR count). The highest BCUT2D eigenvalue weighted by Gasteiger charge is 2.46. The first-order valence-corrected chi connectivity index (χ1v) is 13.8. The van der Waals surface area contributed by atoms with Crippen LogP contribution in [-0.2, 0) is 4.74 Å². The number of nitrogens with one attached hydrogen (secondary N) is 2. The quantitative estimate of drug-likeness (QED) is 0.500. The van der Waals surface area contributed by atoms with Gasteiger partial charge in [0.1, 0.15) is 37.5 Å². The van der Waals surface area contributed by atoms with Crippen LogP contribution in [0.1, 0.15) is 87.5 Å². The lowest BCUT2D eigenvalue weighted by Crippen LogP contribution is -2.48. The fourth-order valence-corrected chi connectivity index (χ4v) is 7.09. The average molecular weight is 525 g/mol. The van der Waals surface area contributed by atoms with Gasteiger partial charge in [-0.05, 0) is 63.2 Å². The van der Waals surface area contributed by atoms with Crippen LogP contribution in [0.3, 0.4) is 0 Å². The summed E-state index contributed by atoms with van der Waals surface area (Å²) >= 11 is 0. The monoisotopic (exact) mass is 525 g/mol. The van der Waals surface area contributed by atoms with E-state index in [1.54, 1.807) is 0 Å². The van der Waals surface area contributed by atoms with Gasteiger partial charge in [0.2, 0.25) is 0 Å². The molecule has 2 aliphatic rings. The molecular formula is C27H39B4N5O3. The van der Waals surface area contributed by atoms with Crippen LogP contribution in [0.25, 0.3) is 5.57 Å². The van der Waals surface area contributed by atoms with E-state index in [1.807, 2.05) is 25.1 Å². The summed E-state index contributed by atoms with van der Waals surface area (Å²) in [5.41, 5.74) is 3.94. The molecule has 1 aliphatic heterocycles. The van der Waals surface area contributed by atoms with E-state index in [0.29, 0.717) is 17.9 Å². The number of H-pyrrole nitrogens is 1. The molecule has 0 bridgehead atoms. The molecule has 3 N–H and O–H groups in total. The number of allylic oxidation sites excluding steroid dienone is 2. The zero-order valence-corrected chi connectivity index (χ0v) is 24.8. The number of carbonyl (C=O) groups is 1. The molecule has 0 aromatic carbocycles. The number of imidazole rings is 1. The molecule has 1 saturated heterocycles. The Hall–Kier alpha value is -2.76. The number of amides is 1. The molecule has 202 valence electrons. The van der Waals surface area contributed by atoms with Crippen LogP contribution in [0.15, 0.2) is 23.8 Å². The van der Waals surface area contributed by atoms with Crippen LogP contribution in [0.2, 0.25) is 11.0 Å². The van der Waals surface area contributed by atoms with Gasteiger partial charge in [0.25, 0.3) is 5.91 Å². The number of hydrogen-bond acceptors (Lipinski definition) is 6. The van der Waals surface area contributed by atoms with Gasteiger partial charge in [0.15, 0.2) is 11.5 Å². The van der Waals surface area contributed by atoms with Crippen molar-refractivity contribution in [2.75, 3.05) is 11.9 Å². The van der Waals surface area contributed by atoms with E-state index >= 15 is 0 Å². The first-order valence-electron chi connectivity index (χ1n) is 13.8. The molecule has 1 amide bonds. The summed E-state index contributed by atoms with van der Waals surface area (Å²) in [7, 11) is 9.01. The minimum absolute atomic E-state index is 0.0638. The van der Waals surface area contributed by atoms with Crippen molar-refractivity contribution in [3.63, 3.8) is 0 Å². The van der Waals surface area contributed by atoms with Crippen LogP contribution >= 0.6 is 0 Å². The smallest absolute Gasteiger partial charge is 0.291 e. The Bertz CT molecular complexity index is 1360. The molecule has 1 fully saturated rings. The van der Waals surface area contributed by atoms with E-state index < -0.39 is 17.1 Å². The maximum absolute atomic E-state index is 13.2. The van der Waals surface area contributed by atoms with Crippen LogP contribution in [0.5, 0.6) is 0 Å². The van der Waals surface area contributed by atoms with Gasteiger partial charge in [-0.25, -0.2) is 4.98 Å². The van der Waals surface area contributed by atoms with Crippen LogP contribution in [-0.4, -0.2) is 75.2 Å². The Morgan fingerprint density at radius 1 is 1.23 bits per heavy atom. The molecule has 2 aromatic heterocycles. The minimum Gasteiger partial charge on any atom is -0.393 e. The summed E-state index contributed by atoms with van der Waals surface area (Å²) in [5.74, 6) is 0.0991. The number of aromatic amines is 1. The molecule has 0 radical (unpaired) electrons. The maximum atomic E-state index is 13.2. The first kappa shape index (κ1) is 29.2. The number of anilines is 1. The summed E-state index contributed by atoms with van der Waals surface area (Å²) in [6.45, 7) is 10.6. The van der Waals surface area contributed by atoms with Gasteiger partial charge in [-0.2, -0.15) is 5.26 Å². The molecule has 1 aliphatic carbocycles. The maximum Gasteiger partial charge on any atom is 0.291 e. The second-order valence-electron chi connectivity index (χ2n) is 13.7. The number of nitriles is 1. The lowest BCUT2D eigenvalue weighted by molar-refractivity contribution is -0.187. The van der Waals surface area contributed by atoms with Crippen LogP contribution in [0.4, 0.5) is 5.69 Å². The summed E-state index contributed by atoms with van der Waals surface area (Å²) in [4.78, 5) is 25.3. The third-order valence-electron chi connectivity index (χ3n) is 9.05. The highest BCUT2D eigenvalue weighted by atomic mass is 16.5. The average Bonchev–Trinajstić information content (AvgIpc) is 3.32. The van der Waals surface area contributed by atoms with Gasteiger partial charge in [-0.1, -0.05) is 24.9 Å². The number of aliphatic hydroxyl groups excluding tert-OH is 1. The molecule has 0 spiro atoms. The molecule has 2 aromatic rings. The van der Waals surface area contributed by atoms with Gasteiger partial charge < -0.3 is 20.1 Å². The van der Waals surface area contributed by atoms with E-state index in [1.165, 1.54) is 11.7 Å². The highest BCUT2D eigenvalue weighted by Crippen LogP contribution is 2.60. The van der Waals surface area contributed by atoms with E-state index in [2.05, 4.69) is 74.4 Å². The number of pyridine rings is 1. The Morgan fingerprint density at radius 3 is 2.54 bits per heavy atom. The molecule has 3 unspecified atom stereocenters. The molecule has 3 atom stereocenters. The molecular weight excluding hydrogens is 486 g/mol. The fourth-order valence-electron chi connectivity index (χ4n) is 7.09. The van der Waals surface area contributed by atoms with E-state index in [9.17, 15) is 9.90 Å². The van der Waals surface area contributed by atoms with Gasteiger partial charge >= 0.3 is 0 Å². The van der Waals surface area contributed by atoms with Crippen molar-refractivity contribution in [2.24, 2.45) is 5.41 Å². The van der Waals surface area contributed by atoms with Crippen molar-refractivity contribution >= 4 is 48.6 Å². The van der Waals surface area contributed by atoms with Gasteiger partial charge in [-0.15, -0.1) is 5.47 Å². The number of nitrogens with zero attached hydrogens (tertiary/aromatic N) is 3. The minimum atomic E-state index is -0.656. The number of aliphatic hydroxyl groups is 1. The second kappa shape index (κ2) is 10.0. The Morgan fingerprint density at radius 2 is 1.92 bits per heavy atom. The Balaban J connectivity index is 1.84. The fraction of sp³-hybridized carbons (Fsp3) is 0.556. The number of carbonyl (C=O) groups excluding carboxylic acids is 1. The number of hydrogen-bond donors (Lipinski definition) is 3. The predicted molar refractivity (Wildman–Crippen MR) is 164 cm³/mol. The standard InChI is InChI=1S/C27H39B4N5O3/c1-24(2)10-16(28)19(27(30,31)23(24)29)20-18(36-22(38)21-33-12-15(11-32)34-21)7-6-17(35-20)14-8-25(3,4)39-26(5,9-14)13-37/h6-7,12,14,23,37H,8-10,13,28-31H2,1-5H3,(H,33,34)(H,36,38). The van der Waals surface area contributed by atoms with Crippen molar-refractivity contribution < 1.29 is 14.6 Å². The summed E-state index contributed by atoms with van der Waals surface area (Å²) in [6.07, 6.45) is 3.78. The van der Waals surface area contributed by atoms with Crippen molar-refractivity contribution in [3.8, 4) is 6.07 Å². The van der Waals surface area contributed by atoms with Crippen LogP contribution < -0.4 is 5.32 Å². The topological polar surface area (TPSA) is 124 Å². The third-order valence-corrected chi connectivity index (χ3v) is 9.05. The van der Waals surface area contributed by atoms with Gasteiger partial charge in [-0.3, -0.25) is 9.78 Å². The Labute approximate surface area is 235 Å². The molecule has 8 nitrogen and oxygen atoms in total. The SMILES string of the molecule is BC1=C(c2nc(C3CC(C)(C)OC(C)(CO)C3)ccc2NC(=O)c2nc(C#N)c[nH]2)C(B)(B)C(B)C(C)(C)C1. The second-order valence-corrected chi connectivity index (χ2v) is 13.7. The zero-order chi connectivity index (χ0) is 29.0. The van der Waals surface area contributed by atoms with E-state index in [4.69, 9.17) is 15.0 Å². The summed E-state index contributed by atoms with van der Waals surface area (Å²) in [6, 6.07) is 5.86. The van der Waals surface area contributed by atoms with E-state index in [0.717, 1.165) is 29.8 Å². The number of ether oxygens (including phenoxy) is 1. The molecule has 0 saturated carbocycles. The first-order chi connectivity index (χ1) is 18.0. The van der Waals surface area contributed by atoms with E-state index in [-0.39, 0.29) is 34.7 Å². The summed E-state index contributed by atoms with van der Waals surface area (Å²) in [5, 5.41) is 22.1. The lowest BCUT2D eigenvalue weighted by Gasteiger charge is -2.50. The lowest BCUT2D eigenvalue weighted by atomic mass is 9.32. The van der Waals surface area contributed by atoms with Crippen molar-refractivity contribution in [2.45, 2.75) is 82.0 Å².